The Balaban J connectivity index is 0.000000141. The summed E-state index contributed by atoms with van der Waals surface area (Å²) in [5.41, 5.74) is 31.5. The van der Waals surface area contributed by atoms with E-state index < -0.39 is 0 Å². The minimum Gasteiger partial charge on any atom is -0.309 e. The first-order chi connectivity index (χ1) is 50.4. The molecule has 0 amide bonds. The number of hydrogen-bond donors (Lipinski definition) is 0. The van der Waals surface area contributed by atoms with E-state index in [1.165, 1.54) is 176 Å². The van der Waals surface area contributed by atoms with E-state index in [1.807, 2.05) is 0 Å². The summed E-state index contributed by atoms with van der Waals surface area (Å²) < 4.78 is 9.66. The zero-order valence-electron chi connectivity index (χ0n) is 56.6. The minimum atomic E-state index is 1.16. The third-order valence-corrected chi connectivity index (χ3v) is 20.7. The Morgan fingerprint density at radius 1 is 0.137 bits per heavy atom. The van der Waals surface area contributed by atoms with Crippen molar-refractivity contribution in [3.63, 3.8) is 0 Å². The number of hydrogen-bond acceptors (Lipinski definition) is 0. The van der Waals surface area contributed by atoms with Crippen LogP contribution in [0.1, 0.15) is 11.1 Å². The molecule has 0 spiro atoms. The summed E-state index contributed by atoms with van der Waals surface area (Å²) in [6, 6.07) is 137. The second-order valence-electron chi connectivity index (χ2n) is 27.0. The lowest BCUT2D eigenvalue weighted by molar-refractivity contribution is 1.18. The molecule has 480 valence electrons. The van der Waals surface area contributed by atoms with Crippen LogP contribution in [0, 0.1) is 13.8 Å². The summed E-state index contributed by atoms with van der Waals surface area (Å²) in [6.45, 7) is 4.36. The van der Waals surface area contributed by atoms with Crippen molar-refractivity contribution >= 4 is 87.2 Å². The molecule has 4 nitrogen and oxygen atoms in total. The van der Waals surface area contributed by atoms with Crippen LogP contribution in [0.2, 0.25) is 0 Å². The van der Waals surface area contributed by atoms with Crippen LogP contribution in [0.5, 0.6) is 0 Å². The number of rotatable bonds is 10. The predicted octanol–water partition coefficient (Wildman–Crippen LogP) is 26.4. The molecule has 0 aliphatic heterocycles. The van der Waals surface area contributed by atoms with E-state index in [0.29, 0.717) is 0 Å². The Kier molecular flexibility index (Phi) is 14.6. The molecule has 102 heavy (non-hydrogen) atoms. The molecule has 0 aliphatic carbocycles. The van der Waals surface area contributed by atoms with Gasteiger partial charge in [-0.05, 0) is 214 Å². The quantitative estimate of drug-likeness (QED) is 0.130. The van der Waals surface area contributed by atoms with Gasteiger partial charge < -0.3 is 18.3 Å². The van der Waals surface area contributed by atoms with Gasteiger partial charge in [0.2, 0.25) is 0 Å². The van der Waals surface area contributed by atoms with Gasteiger partial charge in [0.25, 0.3) is 0 Å². The Morgan fingerprint density at radius 3 is 0.725 bits per heavy atom. The zero-order valence-corrected chi connectivity index (χ0v) is 56.6. The average Bonchev–Trinajstić information content (AvgIpc) is 1.60. The third-order valence-electron chi connectivity index (χ3n) is 20.7. The molecular formula is C98H68N4. The third kappa shape index (κ3) is 10.5. The fraction of sp³-hybridized carbons (Fsp3) is 0.0204. The summed E-state index contributed by atoms with van der Waals surface area (Å²) in [5.74, 6) is 0. The number of para-hydroxylation sites is 2. The molecule has 20 rings (SSSR count). The molecule has 0 N–H and O–H groups in total. The van der Waals surface area contributed by atoms with E-state index in [-0.39, 0.29) is 0 Å². The number of aryl methyl sites for hydroxylation is 2. The van der Waals surface area contributed by atoms with Crippen molar-refractivity contribution in [1.82, 2.24) is 18.3 Å². The Bertz CT molecular complexity index is 6620. The summed E-state index contributed by atoms with van der Waals surface area (Å²) in [7, 11) is 0. The first-order valence-corrected chi connectivity index (χ1v) is 35.2. The van der Waals surface area contributed by atoms with Crippen LogP contribution in [-0.4, -0.2) is 18.3 Å². The van der Waals surface area contributed by atoms with Gasteiger partial charge >= 0.3 is 0 Å². The lowest BCUT2D eigenvalue weighted by atomic mass is 10.00. The molecule has 20 aromatic rings. The lowest BCUT2D eigenvalue weighted by Gasteiger charge is -2.11. The molecule has 0 unspecified atom stereocenters. The molecule has 0 saturated carbocycles. The highest BCUT2D eigenvalue weighted by molar-refractivity contribution is 6.15. The summed E-state index contributed by atoms with van der Waals surface area (Å²) in [4.78, 5) is 0. The van der Waals surface area contributed by atoms with Crippen molar-refractivity contribution in [2.24, 2.45) is 0 Å². The van der Waals surface area contributed by atoms with Crippen molar-refractivity contribution in [3.8, 4) is 89.5 Å². The Morgan fingerprint density at radius 2 is 0.373 bits per heavy atom. The lowest BCUT2D eigenvalue weighted by Crippen LogP contribution is -1.95. The van der Waals surface area contributed by atoms with E-state index in [4.69, 9.17) is 0 Å². The van der Waals surface area contributed by atoms with Crippen LogP contribution in [-0.2, 0) is 0 Å². The Labute approximate surface area is 592 Å². The fourth-order valence-corrected chi connectivity index (χ4v) is 15.9. The molecule has 4 heteroatoms. The maximum absolute atomic E-state index is 2.42. The monoisotopic (exact) mass is 1300 g/mol. The standard InChI is InChI=1S/2C49H34N2/c1-33-22-25-47-43(28-33)45-32-39(24-27-49(45)51(47)41-19-11-17-37(30-41)35-14-6-3-7-15-35)38-23-26-48-44(31-38)42-20-8-9-21-46(42)50(48)40-18-10-16-36(29-40)34-12-4-2-5-13-34;1-33-22-25-43-45-32-39(24-27-48(45)51(49(43)28-33)41-19-11-17-37(30-41)35-14-6-3-7-15-35)38-23-26-47-44(31-38)42-20-8-9-21-46(42)50(47)40-18-10-16-36(29-40)34-12-4-2-5-13-34/h2*2-32H,1H3. The van der Waals surface area contributed by atoms with Gasteiger partial charge in [0.15, 0.2) is 0 Å². The second-order valence-corrected chi connectivity index (χ2v) is 27.0. The largest absolute Gasteiger partial charge is 0.309 e. The molecule has 0 aliphatic rings. The van der Waals surface area contributed by atoms with Gasteiger partial charge in [-0.25, -0.2) is 0 Å². The summed E-state index contributed by atoms with van der Waals surface area (Å²) in [5, 5.41) is 10.1. The van der Waals surface area contributed by atoms with Gasteiger partial charge in [-0.2, -0.15) is 0 Å². The molecule has 4 aromatic heterocycles. The number of aromatic nitrogens is 4. The summed E-state index contributed by atoms with van der Waals surface area (Å²) >= 11 is 0. The van der Waals surface area contributed by atoms with E-state index in [2.05, 4.69) is 408 Å². The topological polar surface area (TPSA) is 19.7 Å². The van der Waals surface area contributed by atoms with E-state index in [0.717, 1.165) is 11.4 Å². The summed E-state index contributed by atoms with van der Waals surface area (Å²) in [6.07, 6.45) is 0. The van der Waals surface area contributed by atoms with Gasteiger partial charge in [0.05, 0.1) is 44.1 Å². The van der Waals surface area contributed by atoms with Gasteiger partial charge in [0, 0.05) is 65.8 Å². The molecule has 0 bridgehead atoms. The average molecular weight is 1300 g/mol. The van der Waals surface area contributed by atoms with Crippen LogP contribution in [0.15, 0.2) is 376 Å². The smallest absolute Gasteiger partial charge is 0.0543 e. The fourth-order valence-electron chi connectivity index (χ4n) is 15.9. The molecule has 0 fully saturated rings. The SMILES string of the molecule is Cc1ccc2c(c1)c1cc(-c3ccc4c(c3)c3ccccc3n4-c3cccc(-c4ccccc4)c3)ccc1n2-c1cccc(-c2ccccc2)c1.Cc1ccc2c3cc(-c4ccc5c(c4)c4ccccc4n5-c4cccc(-c5ccccc5)c4)ccc3n(-c3cccc(-c4ccccc4)c3)c2c1. The van der Waals surface area contributed by atoms with Crippen LogP contribution >= 0.6 is 0 Å². The van der Waals surface area contributed by atoms with Crippen LogP contribution < -0.4 is 0 Å². The van der Waals surface area contributed by atoms with Gasteiger partial charge in [-0.1, -0.05) is 254 Å². The van der Waals surface area contributed by atoms with Crippen LogP contribution in [0.3, 0.4) is 0 Å². The maximum Gasteiger partial charge on any atom is 0.0543 e. The highest BCUT2D eigenvalue weighted by atomic mass is 15.0. The van der Waals surface area contributed by atoms with Gasteiger partial charge in [-0.15, -0.1) is 0 Å². The van der Waals surface area contributed by atoms with Crippen molar-refractivity contribution in [2.45, 2.75) is 13.8 Å². The zero-order chi connectivity index (χ0) is 67.8. The Hall–Kier alpha value is -13.3. The molecule has 0 saturated heterocycles. The van der Waals surface area contributed by atoms with Crippen molar-refractivity contribution < 1.29 is 0 Å². The first kappa shape index (κ1) is 59.9. The van der Waals surface area contributed by atoms with Crippen molar-refractivity contribution in [3.05, 3.63) is 387 Å². The minimum absolute atomic E-state index is 1.16. The highest BCUT2D eigenvalue weighted by Gasteiger charge is 2.21. The predicted molar refractivity (Wildman–Crippen MR) is 432 cm³/mol. The number of nitrogens with zero attached hydrogens (tertiary/aromatic N) is 4. The second kappa shape index (κ2) is 24.9. The first-order valence-electron chi connectivity index (χ1n) is 35.2. The molecular weight excluding hydrogens is 1230 g/mol. The maximum atomic E-state index is 2.42. The van der Waals surface area contributed by atoms with Crippen molar-refractivity contribution in [2.75, 3.05) is 0 Å². The molecule has 16 aromatic carbocycles. The van der Waals surface area contributed by atoms with Gasteiger partial charge in [0.1, 0.15) is 0 Å². The highest BCUT2D eigenvalue weighted by Crippen LogP contribution is 2.43. The van der Waals surface area contributed by atoms with Crippen molar-refractivity contribution in [1.29, 1.82) is 0 Å². The van der Waals surface area contributed by atoms with Crippen LogP contribution in [0.4, 0.5) is 0 Å². The van der Waals surface area contributed by atoms with E-state index in [1.54, 1.807) is 0 Å². The normalized spacial score (nSPS) is 11.6. The molecule has 4 heterocycles. The number of benzene rings is 16. The van der Waals surface area contributed by atoms with E-state index >= 15 is 0 Å². The van der Waals surface area contributed by atoms with E-state index in [9.17, 15) is 0 Å². The molecule has 0 atom stereocenters. The molecule has 0 radical (unpaired) electrons. The number of fused-ring (bicyclic) bond motifs is 12. The van der Waals surface area contributed by atoms with Gasteiger partial charge in [-0.3, -0.25) is 0 Å². The van der Waals surface area contributed by atoms with Crippen LogP contribution in [0.25, 0.3) is 177 Å².